The van der Waals surface area contributed by atoms with Crippen molar-refractivity contribution in [2.24, 2.45) is 0 Å². The van der Waals surface area contributed by atoms with Crippen LogP contribution in [-0.2, 0) is 22.4 Å². The van der Waals surface area contributed by atoms with Gasteiger partial charge in [0, 0.05) is 25.5 Å². The van der Waals surface area contributed by atoms with Crippen LogP contribution in [0, 0.1) is 0 Å². The summed E-state index contributed by atoms with van der Waals surface area (Å²) < 4.78 is 12.9. The minimum Gasteiger partial charge on any atom is -0.492 e. The molecule has 0 saturated heterocycles. The molecule has 2 aliphatic heterocycles. The summed E-state index contributed by atoms with van der Waals surface area (Å²) in [6.45, 7) is 11.9. The van der Waals surface area contributed by atoms with Crippen LogP contribution in [0.5, 0.6) is 5.75 Å². The first-order chi connectivity index (χ1) is 21.6. The lowest BCUT2D eigenvalue weighted by Crippen LogP contribution is -2.23. The molecule has 0 amide bonds. The van der Waals surface area contributed by atoms with E-state index in [2.05, 4.69) is 11.6 Å². The summed E-state index contributed by atoms with van der Waals surface area (Å²) in [5.41, 5.74) is 4.34. The number of nitrogens with zero attached hydrogens (tertiary/aromatic N) is 2. The molecule has 2 aromatic rings. The Morgan fingerprint density at radius 3 is 2.58 bits per heavy atom. The molecule has 45 heavy (non-hydrogen) atoms. The predicted molar refractivity (Wildman–Crippen MR) is 182 cm³/mol. The molecule has 0 aromatic heterocycles. The topological polar surface area (TPSA) is 86.2 Å². The standard InChI is InChI=1S/C37H42ClN3O4/c1-6-14-26(15-7-2)23-30-35-40-31(36(43)41(35)25-32(39-30)28-16-10-8-11-17-28)24-27-19-20-33(29(38)22-27)44-21-13-9-12-18-34(42)45-37(3,4)5/h6-8,10-11,14-17,19-20,22,25,39H,1,9,12-13,18,21,23-24H2,2-5H3/b15-7-,26-14+. The molecule has 0 fully saturated rings. The molecular weight excluding hydrogens is 586 g/mol. The average Bonchev–Trinajstić information content (AvgIpc) is 3.30. The van der Waals surface area contributed by atoms with Crippen LogP contribution in [0.2, 0.25) is 5.02 Å². The number of aromatic nitrogens is 3. The van der Waals surface area contributed by atoms with E-state index in [0.29, 0.717) is 48.2 Å². The zero-order valence-corrected chi connectivity index (χ0v) is 27.3. The molecule has 2 heterocycles. The van der Waals surface area contributed by atoms with Crippen LogP contribution >= 0.6 is 11.6 Å². The molecule has 236 valence electrons. The molecule has 0 spiro atoms. The molecule has 8 heteroatoms. The van der Waals surface area contributed by atoms with Gasteiger partial charge in [-0.15, -0.1) is 0 Å². The van der Waals surface area contributed by atoms with E-state index >= 15 is 0 Å². The lowest BCUT2D eigenvalue weighted by Gasteiger charge is -2.19. The minimum atomic E-state index is -0.462. The number of benzene rings is 2. The first-order valence-electron chi connectivity index (χ1n) is 15.3. The number of hydrogen-bond acceptors (Lipinski definition) is 5. The monoisotopic (exact) mass is 627 g/mol. The summed E-state index contributed by atoms with van der Waals surface area (Å²) in [6, 6.07) is 15.5. The van der Waals surface area contributed by atoms with E-state index in [4.69, 9.17) is 26.1 Å². The van der Waals surface area contributed by atoms with Crippen LogP contribution in [0.4, 0.5) is 0 Å². The number of rotatable bonds is 14. The fraction of sp³-hybridized carbons (Fsp3) is 0.324. The van der Waals surface area contributed by atoms with E-state index in [1.54, 1.807) is 10.6 Å². The Morgan fingerprint density at radius 2 is 1.89 bits per heavy atom. The lowest BCUT2D eigenvalue weighted by molar-refractivity contribution is -0.154. The maximum atomic E-state index is 13.7. The number of ether oxygens (including phenoxy) is 2. The minimum absolute atomic E-state index is 0.166. The number of esters is 1. The molecule has 4 rings (SSSR count). The second-order valence-electron chi connectivity index (χ2n) is 11.9. The van der Waals surface area contributed by atoms with Gasteiger partial charge in [-0.3, -0.25) is 14.2 Å². The van der Waals surface area contributed by atoms with Crippen molar-refractivity contribution >= 4 is 17.6 Å². The van der Waals surface area contributed by atoms with E-state index in [1.807, 2.05) is 101 Å². The van der Waals surface area contributed by atoms with Gasteiger partial charge in [0.2, 0.25) is 0 Å². The highest BCUT2D eigenvalue weighted by Gasteiger charge is 2.21. The summed E-state index contributed by atoms with van der Waals surface area (Å²) in [4.78, 5) is 33.9. The third-order valence-electron chi connectivity index (χ3n) is 7.00. The van der Waals surface area contributed by atoms with Crippen molar-refractivity contribution in [2.45, 2.75) is 71.8 Å². The third kappa shape index (κ3) is 9.56. The number of fused-ring (bicyclic) bond motifs is 1. The molecule has 0 aliphatic carbocycles. The predicted octanol–water partition coefficient (Wildman–Crippen LogP) is 8.42. The van der Waals surface area contributed by atoms with Gasteiger partial charge in [-0.05, 0) is 75.8 Å². The fourth-order valence-electron chi connectivity index (χ4n) is 5.01. The van der Waals surface area contributed by atoms with E-state index in [1.165, 1.54) is 0 Å². The average molecular weight is 628 g/mol. The Kier molecular flexibility index (Phi) is 11.6. The zero-order chi connectivity index (χ0) is 32.4. The van der Waals surface area contributed by atoms with Gasteiger partial charge in [-0.1, -0.05) is 78.9 Å². The number of carbonyl (C=O) groups excluding carboxylic acids is 1. The quantitative estimate of drug-likeness (QED) is 0.0861. The molecular formula is C37H42ClN3O4. The largest absolute Gasteiger partial charge is 0.492 e. The van der Waals surface area contributed by atoms with Crippen LogP contribution < -0.4 is 10.3 Å². The number of H-pyrrole nitrogens is 1. The Morgan fingerprint density at radius 1 is 1.11 bits per heavy atom. The van der Waals surface area contributed by atoms with Crippen LogP contribution in [0.15, 0.2) is 96.0 Å². The number of nitrogens with one attached hydrogen (secondary N) is 1. The number of allylic oxidation sites excluding steroid dienone is 5. The first kappa shape index (κ1) is 33.5. The SMILES string of the molecule is C=C/C=C(\C=C/C)Cc1[nH]c(-c2ccccc2)cn2c(=O)c(Cc3ccc(OCCCCCC(=O)OC(C)(C)C)c(Cl)c3)nc1-2. The Hall–Kier alpha value is -4.36. The smallest absolute Gasteiger partial charge is 0.306 e. The zero-order valence-electron chi connectivity index (χ0n) is 26.6. The van der Waals surface area contributed by atoms with Crippen molar-refractivity contribution < 1.29 is 14.3 Å². The van der Waals surface area contributed by atoms with Gasteiger partial charge in [-0.25, -0.2) is 4.98 Å². The lowest BCUT2D eigenvalue weighted by atomic mass is 10.1. The van der Waals surface area contributed by atoms with Crippen LogP contribution in [-0.4, -0.2) is 32.7 Å². The van der Waals surface area contributed by atoms with Crippen molar-refractivity contribution in [2.75, 3.05) is 6.61 Å². The Balaban J connectivity index is 1.48. The highest BCUT2D eigenvalue weighted by atomic mass is 35.5. The number of imidazole rings is 1. The van der Waals surface area contributed by atoms with Crippen molar-refractivity contribution in [3.8, 4) is 22.8 Å². The molecule has 0 atom stereocenters. The number of halogens is 1. The summed E-state index contributed by atoms with van der Waals surface area (Å²) in [7, 11) is 0. The number of hydrogen-bond donors (Lipinski definition) is 1. The van der Waals surface area contributed by atoms with Crippen molar-refractivity contribution in [3.63, 3.8) is 0 Å². The second kappa shape index (κ2) is 15.6. The summed E-state index contributed by atoms with van der Waals surface area (Å²) in [6.07, 6.45) is 13.2. The van der Waals surface area contributed by atoms with Gasteiger partial charge >= 0.3 is 5.97 Å². The van der Waals surface area contributed by atoms with E-state index < -0.39 is 5.60 Å². The van der Waals surface area contributed by atoms with Crippen LogP contribution in [0.1, 0.15) is 70.3 Å². The number of unbranched alkanes of at least 4 members (excludes halogenated alkanes) is 2. The molecule has 2 aromatic carbocycles. The molecule has 2 aliphatic rings. The van der Waals surface area contributed by atoms with Gasteiger partial charge in [0.15, 0.2) is 5.82 Å². The van der Waals surface area contributed by atoms with Gasteiger partial charge in [0.1, 0.15) is 17.0 Å². The van der Waals surface area contributed by atoms with E-state index in [-0.39, 0.29) is 11.5 Å². The molecule has 0 bridgehead atoms. The highest BCUT2D eigenvalue weighted by Crippen LogP contribution is 2.28. The maximum absolute atomic E-state index is 13.7. The maximum Gasteiger partial charge on any atom is 0.306 e. The van der Waals surface area contributed by atoms with Gasteiger partial charge in [0.25, 0.3) is 5.56 Å². The molecule has 0 saturated carbocycles. The van der Waals surface area contributed by atoms with Crippen molar-refractivity contribution in [1.82, 2.24) is 14.5 Å². The van der Waals surface area contributed by atoms with E-state index in [9.17, 15) is 9.59 Å². The normalized spacial score (nSPS) is 12.2. The Labute approximate surface area is 270 Å². The van der Waals surface area contributed by atoms with Crippen LogP contribution in [0.25, 0.3) is 17.1 Å². The van der Waals surface area contributed by atoms with Crippen LogP contribution in [0.3, 0.4) is 0 Å². The van der Waals surface area contributed by atoms with Crippen molar-refractivity contribution in [3.05, 3.63) is 124 Å². The van der Waals surface area contributed by atoms with Gasteiger partial charge < -0.3 is 14.5 Å². The summed E-state index contributed by atoms with van der Waals surface area (Å²) in [5.74, 6) is 0.995. The molecule has 7 nitrogen and oxygen atoms in total. The summed E-state index contributed by atoms with van der Waals surface area (Å²) in [5, 5.41) is 0.475. The second-order valence-corrected chi connectivity index (χ2v) is 12.3. The van der Waals surface area contributed by atoms with Gasteiger partial charge in [-0.2, -0.15) is 0 Å². The fourth-order valence-corrected chi connectivity index (χ4v) is 5.27. The van der Waals surface area contributed by atoms with Crippen molar-refractivity contribution in [1.29, 1.82) is 0 Å². The molecule has 0 radical (unpaired) electrons. The first-order valence-corrected chi connectivity index (χ1v) is 15.7. The highest BCUT2D eigenvalue weighted by molar-refractivity contribution is 6.32. The summed E-state index contributed by atoms with van der Waals surface area (Å²) >= 11 is 6.57. The Bertz CT molecular complexity index is 1690. The van der Waals surface area contributed by atoms with Gasteiger partial charge in [0.05, 0.1) is 23.0 Å². The molecule has 1 N–H and O–H groups in total. The number of aromatic amines is 1. The van der Waals surface area contributed by atoms with E-state index in [0.717, 1.165) is 47.4 Å². The third-order valence-corrected chi connectivity index (χ3v) is 7.29. The number of carbonyl (C=O) groups is 1. The molecule has 0 unspecified atom stereocenters.